The summed E-state index contributed by atoms with van der Waals surface area (Å²) in [5.74, 6) is 0. The van der Waals surface area contributed by atoms with Crippen LogP contribution in [0.1, 0.15) is 45.4 Å². The summed E-state index contributed by atoms with van der Waals surface area (Å²) in [7, 11) is 0. The molecule has 0 aliphatic carbocycles. The van der Waals surface area contributed by atoms with Crippen LogP contribution in [-0.4, -0.2) is 11.4 Å². The molecular weight excluding hydrogens is 150 g/mol. The number of unbranched alkanes of at least 4 members (excludes halogenated alkanes) is 4. The Morgan fingerprint density at radius 3 is 2.50 bits per heavy atom. The molecule has 2 nitrogen and oxygen atoms in total. The van der Waals surface area contributed by atoms with Gasteiger partial charge in [-0.3, -0.25) is 0 Å². The Balaban J connectivity index is 3.03. The Kier molecular flexibility index (Phi) is 9.54. The zero-order chi connectivity index (χ0) is 9.07. The van der Waals surface area contributed by atoms with Crippen LogP contribution in [0.4, 0.5) is 0 Å². The van der Waals surface area contributed by atoms with Gasteiger partial charge in [0.2, 0.25) is 0 Å². The van der Waals surface area contributed by atoms with Crippen LogP contribution in [-0.2, 0) is 0 Å². The molecule has 0 atom stereocenters. The largest absolute Gasteiger partial charge is 0.411 e. The normalized spacial score (nSPS) is 11.8. The Morgan fingerprint density at radius 2 is 1.83 bits per heavy atom. The highest BCUT2D eigenvalue weighted by Crippen LogP contribution is 2.00. The summed E-state index contributed by atoms with van der Waals surface area (Å²) in [6.45, 7) is 2.21. The third-order valence-electron chi connectivity index (χ3n) is 1.69. The van der Waals surface area contributed by atoms with E-state index in [4.69, 9.17) is 5.21 Å². The van der Waals surface area contributed by atoms with Crippen molar-refractivity contribution in [2.24, 2.45) is 5.16 Å². The molecule has 0 rings (SSSR count). The second-order valence-corrected chi connectivity index (χ2v) is 2.84. The van der Waals surface area contributed by atoms with Gasteiger partial charge >= 0.3 is 0 Å². The quantitative estimate of drug-likeness (QED) is 0.205. The molecule has 0 fully saturated rings. The molecule has 0 saturated carbocycles. The number of allylic oxidation sites excluding steroid dienone is 2. The minimum absolute atomic E-state index is 0.834. The molecule has 0 aromatic heterocycles. The maximum absolute atomic E-state index is 8.08. The molecule has 0 aliphatic rings. The maximum atomic E-state index is 8.08. The topological polar surface area (TPSA) is 32.6 Å². The Bertz CT molecular complexity index is 130. The van der Waals surface area contributed by atoms with Crippen molar-refractivity contribution in [2.75, 3.05) is 0 Å². The van der Waals surface area contributed by atoms with Crippen molar-refractivity contribution in [2.45, 2.75) is 45.4 Å². The van der Waals surface area contributed by atoms with Crippen molar-refractivity contribution in [3.63, 3.8) is 0 Å². The van der Waals surface area contributed by atoms with E-state index in [9.17, 15) is 0 Å². The van der Waals surface area contributed by atoms with E-state index >= 15 is 0 Å². The van der Waals surface area contributed by atoms with Gasteiger partial charge in [-0.05, 0) is 25.7 Å². The molecule has 12 heavy (non-hydrogen) atoms. The standard InChI is InChI=1S/C10H19NO/c1-2-3-4-5-6-7-8-9-10-11-12/h6-7,10,12H,2-5,8-9H2,1H3/b7-6+,11-10+. The van der Waals surface area contributed by atoms with Crippen molar-refractivity contribution >= 4 is 6.21 Å². The van der Waals surface area contributed by atoms with E-state index in [1.807, 2.05) is 0 Å². The summed E-state index contributed by atoms with van der Waals surface area (Å²) < 4.78 is 0. The number of nitrogens with zero attached hydrogens (tertiary/aromatic N) is 1. The van der Waals surface area contributed by atoms with Crippen LogP contribution < -0.4 is 0 Å². The Hall–Kier alpha value is -0.790. The third kappa shape index (κ3) is 9.21. The number of hydrogen-bond acceptors (Lipinski definition) is 2. The first-order valence-corrected chi connectivity index (χ1v) is 4.72. The number of hydrogen-bond donors (Lipinski definition) is 1. The van der Waals surface area contributed by atoms with Crippen molar-refractivity contribution in [3.05, 3.63) is 12.2 Å². The molecule has 0 unspecified atom stereocenters. The van der Waals surface area contributed by atoms with E-state index in [-0.39, 0.29) is 0 Å². The Labute approximate surface area is 75.0 Å². The van der Waals surface area contributed by atoms with E-state index in [0.29, 0.717) is 0 Å². The van der Waals surface area contributed by atoms with Gasteiger partial charge in [-0.1, -0.05) is 31.9 Å². The fourth-order valence-electron chi connectivity index (χ4n) is 0.976. The van der Waals surface area contributed by atoms with E-state index < -0.39 is 0 Å². The van der Waals surface area contributed by atoms with Gasteiger partial charge in [0.25, 0.3) is 0 Å². The molecule has 0 saturated heterocycles. The molecule has 0 spiro atoms. The van der Waals surface area contributed by atoms with Crippen LogP contribution in [0.25, 0.3) is 0 Å². The minimum atomic E-state index is 0.834. The summed E-state index contributed by atoms with van der Waals surface area (Å²) in [5, 5.41) is 11.0. The van der Waals surface area contributed by atoms with Crippen LogP contribution in [0.5, 0.6) is 0 Å². The zero-order valence-corrected chi connectivity index (χ0v) is 7.87. The molecular formula is C10H19NO. The fraction of sp³-hybridized carbons (Fsp3) is 0.700. The van der Waals surface area contributed by atoms with Crippen LogP contribution >= 0.6 is 0 Å². The molecule has 70 valence electrons. The molecule has 0 aliphatic heterocycles. The second-order valence-electron chi connectivity index (χ2n) is 2.84. The molecule has 0 heterocycles. The number of oxime groups is 1. The highest BCUT2D eigenvalue weighted by Gasteiger charge is 1.81. The first kappa shape index (κ1) is 11.2. The van der Waals surface area contributed by atoms with Gasteiger partial charge in [0, 0.05) is 6.21 Å². The van der Waals surface area contributed by atoms with Crippen molar-refractivity contribution < 1.29 is 5.21 Å². The van der Waals surface area contributed by atoms with Crippen LogP contribution in [0.3, 0.4) is 0 Å². The molecule has 0 amide bonds. The smallest absolute Gasteiger partial charge is 0.0439 e. The monoisotopic (exact) mass is 169 g/mol. The lowest BCUT2D eigenvalue weighted by atomic mass is 10.2. The summed E-state index contributed by atoms with van der Waals surface area (Å²) >= 11 is 0. The molecule has 0 radical (unpaired) electrons. The summed E-state index contributed by atoms with van der Waals surface area (Å²) in [6.07, 6.45) is 12.8. The third-order valence-corrected chi connectivity index (χ3v) is 1.69. The first-order valence-electron chi connectivity index (χ1n) is 4.72. The van der Waals surface area contributed by atoms with Crippen molar-refractivity contribution in [3.8, 4) is 0 Å². The number of rotatable bonds is 7. The van der Waals surface area contributed by atoms with Gasteiger partial charge in [-0.15, -0.1) is 5.16 Å². The maximum Gasteiger partial charge on any atom is 0.0439 e. The molecule has 2 heteroatoms. The predicted octanol–water partition coefficient (Wildman–Crippen LogP) is 3.36. The van der Waals surface area contributed by atoms with E-state index in [2.05, 4.69) is 24.2 Å². The van der Waals surface area contributed by atoms with Gasteiger partial charge in [0.1, 0.15) is 0 Å². The Morgan fingerprint density at radius 1 is 1.08 bits per heavy atom. The molecule has 0 aromatic rings. The summed E-state index contributed by atoms with van der Waals surface area (Å²) in [4.78, 5) is 0. The fourth-order valence-corrected chi connectivity index (χ4v) is 0.976. The van der Waals surface area contributed by atoms with E-state index in [1.54, 1.807) is 0 Å². The van der Waals surface area contributed by atoms with Crippen molar-refractivity contribution in [1.82, 2.24) is 0 Å². The first-order chi connectivity index (χ1) is 5.91. The predicted molar refractivity (Wildman–Crippen MR) is 52.8 cm³/mol. The lowest BCUT2D eigenvalue weighted by molar-refractivity contribution is 0.320. The SMILES string of the molecule is CCCCC/C=C/CC/C=N/O. The average molecular weight is 169 g/mol. The highest BCUT2D eigenvalue weighted by atomic mass is 16.4. The minimum Gasteiger partial charge on any atom is -0.411 e. The van der Waals surface area contributed by atoms with Crippen LogP contribution in [0, 0.1) is 0 Å². The summed E-state index contributed by atoms with van der Waals surface area (Å²) in [5.41, 5.74) is 0. The van der Waals surface area contributed by atoms with E-state index in [0.717, 1.165) is 12.8 Å². The average Bonchev–Trinajstić information content (AvgIpc) is 2.10. The van der Waals surface area contributed by atoms with Gasteiger partial charge in [0.15, 0.2) is 0 Å². The van der Waals surface area contributed by atoms with Gasteiger partial charge in [-0.2, -0.15) is 0 Å². The zero-order valence-electron chi connectivity index (χ0n) is 7.87. The van der Waals surface area contributed by atoms with Crippen molar-refractivity contribution in [1.29, 1.82) is 0 Å². The lowest BCUT2D eigenvalue weighted by Gasteiger charge is -1.90. The van der Waals surface area contributed by atoms with Gasteiger partial charge in [-0.25, -0.2) is 0 Å². The summed E-state index contributed by atoms with van der Waals surface area (Å²) in [6, 6.07) is 0. The molecule has 0 bridgehead atoms. The van der Waals surface area contributed by atoms with Gasteiger partial charge < -0.3 is 5.21 Å². The highest BCUT2D eigenvalue weighted by molar-refractivity contribution is 5.56. The van der Waals surface area contributed by atoms with E-state index in [1.165, 1.54) is 31.9 Å². The van der Waals surface area contributed by atoms with Gasteiger partial charge in [0.05, 0.1) is 0 Å². The molecule has 0 aromatic carbocycles. The van der Waals surface area contributed by atoms with Crippen LogP contribution in [0.2, 0.25) is 0 Å². The lowest BCUT2D eigenvalue weighted by Crippen LogP contribution is -1.74. The molecule has 1 N–H and O–H groups in total. The second kappa shape index (κ2) is 10.2. The van der Waals surface area contributed by atoms with Crippen LogP contribution in [0.15, 0.2) is 17.3 Å².